The molecule has 6 heteroatoms. The van der Waals surface area contributed by atoms with Crippen molar-refractivity contribution in [2.24, 2.45) is 0 Å². The Labute approximate surface area is 263 Å². The van der Waals surface area contributed by atoms with E-state index in [4.69, 9.17) is 28.8 Å². The number of furan rings is 1. The predicted octanol–water partition coefficient (Wildman–Crippen LogP) is 10.2. The molecule has 0 N–H and O–H groups in total. The van der Waals surface area contributed by atoms with Crippen LogP contribution in [0.3, 0.4) is 0 Å². The highest BCUT2D eigenvalue weighted by Crippen LogP contribution is 2.39. The van der Waals surface area contributed by atoms with E-state index in [1.165, 1.54) is 0 Å². The van der Waals surface area contributed by atoms with Gasteiger partial charge in [0, 0.05) is 39.1 Å². The first-order valence-electron chi connectivity index (χ1n) is 15.1. The summed E-state index contributed by atoms with van der Waals surface area (Å²) in [7, 11) is 0. The van der Waals surface area contributed by atoms with Crippen molar-refractivity contribution in [1.29, 1.82) is 0 Å². The summed E-state index contributed by atoms with van der Waals surface area (Å²) in [5.74, 6) is 2.48. The molecule has 46 heavy (non-hydrogen) atoms. The molecule has 0 unspecified atom stereocenters. The van der Waals surface area contributed by atoms with Gasteiger partial charge in [-0.2, -0.15) is 0 Å². The van der Waals surface area contributed by atoms with Crippen molar-refractivity contribution in [3.8, 4) is 56.7 Å². The SMILES string of the molecule is c1ccc(-c2nc(-c3ccccc3)nc(-c3ccc(-c4cccc5oc6cc7oc(-c8ccccc8)nc7cc6c45)cc3)n2)cc1. The molecule has 0 saturated heterocycles. The number of nitrogens with zero attached hydrogens (tertiary/aromatic N) is 4. The van der Waals surface area contributed by atoms with Gasteiger partial charge < -0.3 is 8.83 Å². The molecule has 0 fully saturated rings. The van der Waals surface area contributed by atoms with Crippen LogP contribution >= 0.6 is 0 Å². The first kappa shape index (κ1) is 26.0. The molecule has 0 spiro atoms. The topological polar surface area (TPSA) is 77.8 Å². The first-order valence-corrected chi connectivity index (χ1v) is 15.1. The summed E-state index contributed by atoms with van der Waals surface area (Å²) in [5.41, 5.74) is 8.90. The molecular formula is C40H24N4O2. The lowest BCUT2D eigenvalue weighted by molar-refractivity contribution is 0.617. The Kier molecular flexibility index (Phi) is 6.03. The number of fused-ring (bicyclic) bond motifs is 4. The largest absolute Gasteiger partial charge is 0.456 e. The van der Waals surface area contributed by atoms with Crippen LogP contribution in [0.4, 0.5) is 0 Å². The zero-order valence-electron chi connectivity index (χ0n) is 24.5. The number of benzene rings is 6. The van der Waals surface area contributed by atoms with Crippen molar-refractivity contribution >= 4 is 33.0 Å². The van der Waals surface area contributed by atoms with Gasteiger partial charge in [0.15, 0.2) is 23.1 Å². The lowest BCUT2D eigenvalue weighted by atomic mass is 9.98. The Hall–Kier alpha value is -6.40. The van der Waals surface area contributed by atoms with Crippen LogP contribution < -0.4 is 0 Å². The van der Waals surface area contributed by atoms with Crippen molar-refractivity contribution in [1.82, 2.24) is 19.9 Å². The minimum Gasteiger partial charge on any atom is -0.456 e. The van der Waals surface area contributed by atoms with Gasteiger partial charge in [0.2, 0.25) is 5.89 Å². The third-order valence-corrected chi connectivity index (χ3v) is 8.18. The lowest BCUT2D eigenvalue weighted by Gasteiger charge is -2.09. The molecule has 0 aliphatic heterocycles. The molecule has 0 radical (unpaired) electrons. The van der Waals surface area contributed by atoms with Crippen LogP contribution in [-0.2, 0) is 0 Å². The summed E-state index contributed by atoms with van der Waals surface area (Å²) in [6.07, 6.45) is 0. The number of aromatic nitrogens is 4. The molecule has 0 amide bonds. The second-order valence-electron chi connectivity index (χ2n) is 11.1. The van der Waals surface area contributed by atoms with E-state index in [2.05, 4.69) is 36.4 Å². The first-order chi connectivity index (χ1) is 22.8. The predicted molar refractivity (Wildman–Crippen MR) is 182 cm³/mol. The second-order valence-corrected chi connectivity index (χ2v) is 11.1. The molecule has 0 atom stereocenters. The highest BCUT2D eigenvalue weighted by Gasteiger charge is 2.17. The Balaban J connectivity index is 1.14. The third-order valence-electron chi connectivity index (χ3n) is 8.18. The lowest BCUT2D eigenvalue weighted by Crippen LogP contribution is -2.00. The van der Waals surface area contributed by atoms with E-state index >= 15 is 0 Å². The number of hydrogen-bond donors (Lipinski definition) is 0. The van der Waals surface area contributed by atoms with Gasteiger partial charge in [0.1, 0.15) is 16.7 Å². The molecule has 6 aromatic carbocycles. The molecule has 6 nitrogen and oxygen atoms in total. The Morgan fingerprint density at radius 2 is 0.913 bits per heavy atom. The maximum absolute atomic E-state index is 6.33. The fraction of sp³-hybridized carbons (Fsp3) is 0. The van der Waals surface area contributed by atoms with E-state index in [0.29, 0.717) is 28.9 Å². The van der Waals surface area contributed by atoms with E-state index in [1.807, 2.05) is 109 Å². The summed E-state index contributed by atoms with van der Waals surface area (Å²) < 4.78 is 12.4. The van der Waals surface area contributed by atoms with Crippen molar-refractivity contribution in [2.45, 2.75) is 0 Å². The molecular weight excluding hydrogens is 568 g/mol. The number of rotatable bonds is 5. The molecule has 0 aliphatic rings. The molecule has 0 bridgehead atoms. The van der Waals surface area contributed by atoms with Crippen LogP contribution in [0.25, 0.3) is 89.8 Å². The Morgan fingerprint density at radius 3 is 1.52 bits per heavy atom. The van der Waals surface area contributed by atoms with Gasteiger partial charge in [0.05, 0.1) is 0 Å². The minimum absolute atomic E-state index is 0.590. The molecule has 216 valence electrons. The number of oxazole rings is 1. The summed E-state index contributed by atoms with van der Waals surface area (Å²) >= 11 is 0. The highest BCUT2D eigenvalue weighted by atomic mass is 16.4. The molecule has 9 rings (SSSR count). The monoisotopic (exact) mass is 592 g/mol. The maximum Gasteiger partial charge on any atom is 0.227 e. The summed E-state index contributed by atoms with van der Waals surface area (Å²) in [6.45, 7) is 0. The average Bonchev–Trinajstić information content (AvgIpc) is 3.72. The van der Waals surface area contributed by atoms with Gasteiger partial charge in [-0.15, -0.1) is 0 Å². The van der Waals surface area contributed by atoms with E-state index in [1.54, 1.807) is 0 Å². The zero-order valence-corrected chi connectivity index (χ0v) is 24.5. The minimum atomic E-state index is 0.590. The smallest absolute Gasteiger partial charge is 0.227 e. The molecule has 9 aromatic rings. The van der Waals surface area contributed by atoms with Crippen LogP contribution in [0, 0.1) is 0 Å². The van der Waals surface area contributed by atoms with E-state index in [-0.39, 0.29) is 0 Å². The fourth-order valence-corrected chi connectivity index (χ4v) is 5.93. The third kappa shape index (κ3) is 4.52. The van der Waals surface area contributed by atoms with Crippen molar-refractivity contribution < 1.29 is 8.83 Å². The standard InChI is InChI=1S/C40H24N4O2/c1-4-11-26(12-5-1)37-42-38(27-13-6-2-7-14-27)44-39(43-37)28-21-19-25(20-22-28)30-17-10-18-33-36(30)31-23-32-35(24-34(31)45-33)46-40(41-32)29-15-8-3-9-16-29/h1-24H. The van der Waals surface area contributed by atoms with Gasteiger partial charge in [-0.05, 0) is 35.4 Å². The summed E-state index contributed by atoms with van der Waals surface area (Å²) in [4.78, 5) is 19.4. The Bertz CT molecular complexity index is 2450. The van der Waals surface area contributed by atoms with Crippen molar-refractivity contribution in [3.05, 3.63) is 146 Å². The van der Waals surface area contributed by atoms with Crippen LogP contribution in [0.5, 0.6) is 0 Å². The number of hydrogen-bond acceptors (Lipinski definition) is 6. The van der Waals surface area contributed by atoms with Crippen LogP contribution in [0.1, 0.15) is 0 Å². The second kappa shape index (κ2) is 10.6. The van der Waals surface area contributed by atoms with Crippen molar-refractivity contribution in [3.63, 3.8) is 0 Å². The van der Waals surface area contributed by atoms with Gasteiger partial charge in [-0.3, -0.25) is 0 Å². The van der Waals surface area contributed by atoms with E-state index < -0.39 is 0 Å². The quantitative estimate of drug-likeness (QED) is 0.198. The van der Waals surface area contributed by atoms with Crippen molar-refractivity contribution in [2.75, 3.05) is 0 Å². The maximum atomic E-state index is 6.33. The molecule has 0 aliphatic carbocycles. The van der Waals surface area contributed by atoms with E-state index in [0.717, 1.165) is 60.8 Å². The average molecular weight is 593 g/mol. The van der Waals surface area contributed by atoms with Gasteiger partial charge in [0.25, 0.3) is 0 Å². The van der Waals surface area contributed by atoms with Gasteiger partial charge in [-0.1, -0.05) is 115 Å². The van der Waals surface area contributed by atoms with E-state index in [9.17, 15) is 0 Å². The molecule has 0 saturated carbocycles. The van der Waals surface area contributed by atoms with Crippen LogP contribution in [0.2, 0.25) is 0 Å². The van der Waals surface area contributed by atoms with Crippen LogP contribution in [-0.4, -0.2) is 19.9 Å². The molecule has 3 heterocycles. The van der Waals surface area contributed by atoms with Crippen LogP contribution in [0.15, 0.2) is 154 Å². The summed E-state index contributed by atoms with van der Waals surface area (Å²) in [6, 6.07) is 48.4. The zero-order chi connectivity index (χ0) is 30.5. The summed E-state index contributed by atoms with van der Waals surface area (Å²) in [5, 5.41) is 2.03. The highest BCUT2D eigenvalue weighted by molar-refractivity contribution is 6.14. The normalized spacial score (nSPS) is 11.5. The van der Waals surface area contributed by atoms with Gasteiger partial charge >= 0.3 is 0 Å². The van der Waals surface area contributed by atoms with Gasteiger partial charge in [-0.25, -0.2) is 19.9 Å². The molecule has 3 aromatic heterocycles. The Morgan fingerprint density at radius 1 is 0.370 bits per heavy atom. The fourth-order valence-electron chi connectivity index (χ4n) is 5.93.